The molecule has 0 spiro atoms. The van der Waals surface area contributed by atoms with Crippen LogP contribution < -0.4 is 10.6 Å². The molecule has 2 N–H and O–H groups in total. The SMILES string of the molecule is CCCCCNC(=NCC(C)(C)CN(C)C)NCC. The fraction of sp³-hybridized carbons (Fsp3) is 0.933. The number of rotatable bonds is 9. The summed E-state index contributed by atoms with van der Waals surface area (Å²) in [4.78, 5) is 6.92. The smallest absolute Gasteiger partial charge is 0.191 e. The van der Waals surface area contributed by atoms with E-state index in [2.05, 4.69) is 57.3 Å². The van der Waals surface area contributed by atoms with Gasteiger partial charge in [0.15, 0.2) is 5.96 Å². The van der Waals surface area contributed by atoms with Crippen LogP contribution in [0, 0.1) is 5.41 Å². The summed E-state index contributed by atoms with van der Waals surface area (Å²) < 4.78 is 0. The Morgan fingerprint density at radius 3 is 2.32 bits per heavy atom. The average molecular weight is 270 g/mol. The first-order chi connectivity index (χ1) is 8.91. The molecule has 0 heterocycles. The van der Waals surface area contributed by atoms with Crippen LogP contribution in [0.1, 0.15) is 47.0 Å². The summed E-state index contributed by atoms with van der Waals surface area (Å²) in [6.07, 6.45) is 3.74. The molecular weight excluding hydrogens is 236 g/mol. The molecule has 0 aliphatic heterocycles. The molecule has 0 saturated heterocycles. The summed E-state index contributed by atoms with van der Waals surface area (Å²) in [6.45, 7) is 12.7. The van der Waals surface area contributed by atoms with Crippen molar-refractivity contribution in [3.63, 3.8) is 0 Å². The van der Waals surface area contributed by atoms with Crippen LogP contribution in [0.15, 0.2) is 4.99 Å². The number of guanidine groups is 1. The van der Waals surface area contributed by atoms with Gasteiger partial charge in [-0.05, 0) is 32.9 Å². The Bertz CT molecular complexity index is 247. The third-order valence-electron chi connectivity index (χ3n) is 2.83. The lowest BCUT2D eigenvalue weighted by atomic mass is 9.93. The van der Waals surface area contributed by atoms with Crippen LogP contribution in [0.3, 0.4) is 0 Å². The van der Waals surface area contributed by atoms with Gasteiger partial charge < -0.3 is 15.5 Å². The molecule has 0 rings (SSSR count). The first-order valence-electron chi connectivity index (χ1n) is 7.58. The minimum absolute atomic E-state index is 0.204. The van der Waals surface area contributed by atoms with E-state index in [4.69, 9.17) is 4.99 Å². The van der Waals surface area contributed by atoms with Gasteiger partial charge in [-0.25, -0.2) is 0 Å². The monoisotopic (exact) mass is 270 g/mol. The minimum atomic E-state index is 0.204. The first-order valence-corrected chi connectivity index (χ1v) is 7.58. The zero-order valence-electron chi connectivity index (χ0n) is 13.8. The van der Waals surface area contributed by atoms with Crippen molar-refractivity contribution in [3.05, 3.63) is 0 Å². The number of aliphatic imine (C=N–C) groups is 1. The summed E-state index contributed by atoms with van der Waals surface area (Å²) in [5.74, 6) is 0.949. The van der Waals surface area contributed by atoms with Crippen molar-refractivity contribution in [2.45, 2.75) is 47.0 Å². The van der Waals surface area contributed by atoms with E-state index >= 15 is 0 Å². The molecule has 0 atom stereocenters. The number of nitrogens with zero attached hydrogens (tertiary/aromatic N) is 2. The van der Waals surface area contributed by atoms with Crippen molar-refractivity contribution >= 4 is 5.96 Å². The minimum Gasteiger partial charge on any atom is -0.357 e. The van der Waals surface area contributed by atoms with Gasteiger partial charge in [0, 0.05) is 26.2 Å². The molecule has 4 heteroatoms. The predicted octanol–water partition coefficient (Wildman–Crippen LogP) is 2.32. The van der Waals surface area contributed by atoms with Crippen LogP contribution in [0.25, 0.3) is 0 Å². The molecular formula is C15H34N4. The number of nitrogens with one attached hydrogen (secondary N) is 2. The molecule has 0 radical (unpaired) electrons. The molecule has 4 nitrogen and oxygen atoms in total. The van der Waals surface area contributed by atoms with E-state index in [0.29, 0.717) is 0 Å². The maximum atomic E-state index is 4.70. The third-order valence-corrected chi connectivity index (χ3v) is 2.83. The summed E-state index contributed by atoms with van der Waals surface area (Å²) >= 11 is 0. The summed E-state index contributed by atoms with van der Waals surface area (Å²) in [5, 5.41) is 6.72. The molecule has 114 valence electrons. The highest BCUT2D eigenvalue weighted by Crippen LogP contribution is 2.15. The van der Waals surface area contributed by atoms with Crippen molar-refractivity contribution < 1.29 is 0 Å². The Labute approximate surface area is 120 Å². The molecule has 0 unspecified atom stereocenters. The third kappa shape index (κ3) is 10.8. The standard InChI is InChI=1S/C15H34N4/c1-7-9-10-11-17-14(16-8-2)18-12-15(3,4)13-19(5)6/h7-13H2,1-6H3,(H2,16,17,18). The van der Waals surface area contributed by atoms with Crippen LogP contribution in [-0.4, -0.2) is 51.1 Å². The van der Waals surface area contributed by atoms with E-state index in [1.807, 2.05) is 0 Å². The van der Waals surface area contributed by atoms with Crippen molar-refractivity contribution in [2.75, 3.05) is 40.3 Å². The highest BCUT2D eigenvalue weighted by molar-refractivity contribution is 5.79. The van der Waals surface area contributed by atoms with Gasteiger partial charge in [0.1, 0.15) is 0 Å². The second-order valence-corrected chi connectivity index (χ2v) is 6.23. The second-order valence-electron chi connectivity index (χ2n) is 6.23. The van der Waals surface area contributed by atoms with Crippen LogP contribution >= 0.6 is 0 Å². The molecule has 0 aromatic heterocycles. The molecule has 0 aromatic rings. The Kier molecular flexibility index (Phi) is 9.66. The topological polar surface area (TPSA) is 39.7 Å². The number of hydrogen-bond donors (Lipinski definition) is 2. The van der Waals surface area contributed by atoms with Gasteiger partial charge in [0.25, 0.3) is 0 Å². The molecule has 0 aliphatic rings. The molecule has 19 heavy (non-hydrogen) atoms. The zero-order valence-corrected chi connectivity index (χ0v) is 13.8. The lowest BCUT2D eigenvalue weighted by Gasteiger charge is -2.26. The quantitative estimate of drug-likeness (QED) is 0.384. The van der Waals surface area contributed by atoms with E-state index in [-0.39, 0.29) is 5.41 Å². The fourth-order valence-electron chi connectivity index (χ4n) is 2.12. The molecule has 0 saturated carbocycles. The Morgan fingerprint density at radius 2 is 1.79 bits per heavy atom. The van der Waals surface area contributed by atoms with Crippen molar-refractivity contribution in [1.82, 2.24) is 15.5 Å². The largest absolute Gasteiger partial charge is 0.357 e. The van der Waals surface area contributed by atoms with Crippen LogP contribution in [0.4, 0.5) is 0 Å². The van der Waals surface area contributed by atoms with Crippen molar-refractivity contribution in [3.8, 4) is 0 Å². The van der Waals surface area contributed by atoms with Gasteiger partial charge in [0.05, 0.1) is 0 Å². The molecule has 0 aromatic carbocycles. The van der Waals surface area contributed by atoms with Crippen LogP contribution in [0.2, 0.25) is 0 Å². The summed E-state index contributed by atoms with van der Waals surface area (Å²) in [5.41, 5.74) is 0.204. The van der Waals surface area contributed by atoms with E-state index in [1.165, 1.54) is 19.3 Å². The molecule has 0 amide bonds. The Morgan fingerprint density at radius 1 is 1.11 bits per heavy atom. The van der Waals surface area contributed by atoms with E-state index in [1.54, 1.807) is 0 Å². The molecule has 0 fully saturated rings. The summed E-state index contributed by atoms with van der Waals surface area (Å²) in [6, 6.07) is 0. The van der Waals surface area contributed by atoms with Gasteiger partial charge in [-0.2, -0.15) is 0 Å². The normalized spacial score (nSPS) is 12.9. The molecule has 0 aliphatic carbocycles. The average Bonchev–Trinajstić information content (AvgIpc) is 2.30. The number of hydrogen-bond acceptors (Lipinski definition) is 2. The van der Waals surface area contributed by atoms with Gasteiger partial charge >= 0.3 is 0 Å². The van der Waals surface area contributed by atoms with E-state index in [9.17, 15) is 0 Å². The summed E-state index contributed by atoms with van der Waals surface area (Å²) in [7, 11) is 4.22. The van der Waals surface area contributed by atoms with E-state index in [0.717, 1.165) is 32.1 Å². The second kappa shape index (κ2) is 10.1. The van der Waals surface area contributed by atoms with Gasteiger partial charge in [-0.1, -0.05) is 33.6 Å². The van der Waals surface area contributed by atoms with Gasteiger partial charge in [-0.3, -0.25) is 4.99 Å². The highest BCUT2D eigenvalue weighted by Gasteiger charge is 2.18. The Balaban J connectivity index is 4.23. The first kappa shape index (κ1) is 18.2. The lowest BCUT2D eigenvalue weighted by Crippen LogP contribution is -2.39. The predicted molar refractivity (Wildman–Crippen MR) is 85.8 cm³/mol. The zero-order chi connectivity index (χ0) is 14.7. The highest BCUT2D eigenvalue weighted by atomic mass is 15.2. The van der Waals surface area contributed by atoms with E-state index < -0.39 is 0 Å². The lowest BCUT2D eigenvalue weighted by molar-refractivity contribution is 0.248. The fourth-order valence-corrected chi connectivity index (χ4v) is 2.12. The molecule has 0 bridgehead atoms. The van der Waals surface area contributed by atoms with Crippen molar-refractivity contribution in [2.24, 2.45) is 10.4 Å². The van der Waals surface area contributed by atoms with Gasteiger partial charge in [-0.15, -0.1) is 0 Å². The Hall–Kier alpha value is -0.770. The maximum Gasteiger partial charge on any atom is 0.191 e. The van der Waals surface area contributed by atoms with Crippen LogP contribution in [-0.2, 0) is 0 Å². The maximum absolute atomic E-state index is 4.70. The van der Waals surface area contributed by atoms with Gasteiger partial charge in [0.2, 0.25) is 0 Å². The van der Waals surface area contributed by atoms with Crippen molar-refractivity contribution in [1.29, 1.82) is 0 Å². The van der Waals surface area contributed by atoms with Crippen LogP contribution in [0.5, 0.6) is 0 Å². The number of unbranched alkanes of at least 4 members (excludes halogenated alkanes) is 2.